The Balaban J connectivity index is 2.56. The molecule has 0 saturated carbocycles. The number of ether oxygens (including phenoxy) is 1. The predicted octanol–water partition coefficient (Wildman–Crippen LogP) is 3.74. The van der Waals surface area contributed by atoms with Crippen LogP contribution < -0.4 is 5.32 Å². The van der Waals surface area contributed by atoms with Crippen molar-refractivity contribution in [1.29, 1.82) is 0 Å². The first kappa shape index (κ1) is 15.5. The summed E-state index contributed by atoms with van der Waals surface area (Å²) >= 11 is 0. The molecule has 3 heteroatoms. The predicted molar refractivity (Wildman–Crippen MR) is 79.5 cm³/mol. The molecule has 0 spiro atoms. The lowest BCUT2D eigenvalue weighted by atomic mass is 9.87. The fourth-order valence-electron chi connectivity index (χ4n) is 1.87. The number of anilines is 1. The molecule has 1 aromatic rings. The highest BCUT2D eigenvalue weighted by Gasteiger charge is 2.13. The number of rotatable bonds is 5. The summed E-state index contributed by atoms with van der Waals surface area (Å²) in [7, 11) is 0. The van der Waals surface area contributed by atoms with Crippen molar-refractivity contribution < 1.29 is 9.53 Å². The zero-order valence-electron chi connectivity index (χ0n) is 12.6. The third-order valence-electron chi connectivity index (χ3n) is 2.94. The van der Waals surface area contributed by atoms with Gasteiger partial charge in [0.15, 0.2) is 0 Å². The molecular weight excluding hydrogens is 238 g/mol. The number of benzene rings is 1. The Kier molecular flexibility index (Phi) is 5.40. The topological polar surface area (TPSA) is 38.3 Å². The lowest BCUT2D eigenvalue weighted by molar-refractivity contribution is -0.143. The third kappa shape index (κ3) is 5.33. The molecule has 19 heavy (non-hydrogen) atoms. The molecule has 1 atom stereocenters. The number of nitrogens with one attached hydrogen (secondary N) is 1. The van der Waals surface area contributed by atoms with E-state index in [1.807, 2.05) is 13.8 Å². The van der Waals surface area contributed by atoms with E-state index in [-0.39, 0.29) is 17.4 Å². The molecule has 3 nitrogen and oxygen atoms in total. The van der Waals surface area contributed by atoms with Gasteiger partial charge in [-0.05, 0) is 37.0 Å². The zero-order valence-corrected chi connectivity index (χ0v) is 12.6. The first-order chi connectivity index (χ1) is 8.82. The Bertz CT molecular complexity index is 404. The van der Waals surface area contributed by atoms with Gasteiger partial charge in [-0.15, -0.1) is 0 Å². The molecule has 1 rings (SSSR count). The van der Waals surface area contributed by atoms with Gasteiger partial charge >= 0.3 is 5.97 Å². The number of carbonyl (C=O) groups is 1. The zero-order chi connectivity index (χ0) is 14.5. The molecule has 106 valence electrons. The Morgan fingerprint density at radius 2 is 1.84 bits per heavy atom. The van der Waals surface area contributed by atoms with Crippen molar-refractivity contribution in [2.24, 2.45) is 0 Å². The van der Waals surface area contributed by atoms with Crippen LogP contribution in [-0.4, -0.2) is 18.6 Å². The second-order valence-corrected chi connectivity index (χ2v) is 5.88. The monoisotopic (exact) mass is 263 g/mol. The summed E-state index contributed by atoms with van der Waals surface area (Å²) < 4.78 is 4.94. The van der Waals surface area contributed by atoms with E-state index in [4.69, 9.17) is 4.74 Å². The Hall–Kier alpha value is -1.51. The van der Waals surface area contributed by atoms with Crippen molar-refractivity contribution in [2.75, 3.05) is 11.9 Å². The second kappa shape index (κ2) is 6.60. The van der Waals surface area contributed by atoms with Gasteiger partial charge in [0.2, 0.25) is 0 Å². The van der Waals surface area contributed by atoms with Gasteiger partial charge < -0.3 is 10.1 Å². The number of carbonyl (C=O) groups excluding carboxylic acids is 1. The quantitative estimate of drug-likeness (QED) is 0.822. The molecule has 0 heterocycles. The van der Waals surface area contributed by atoms with Crippen LogP contribution in [0.1, 0.15) is 46.6 Å². The lowest BCUT2D eigenvalue weighted by Gasteiger charge is -2.20. The van der Waals surface area contributed by atoms with Crippen molar-refractivity contribution >= 4 is 11.7 Å². The van der Waals surface area contributed by atoms with E-state index in [0.717, 1.165) is 5.69 Å². The van der Waals surface area contributed by atoms with E-state index in [0.29, 0.717) is 13.0 Å². The van der Waals surface area contributed by atoms with E-state index in [2.05, 4.69) is 50.4 Å². The molecule has 1 N–H and O–H groups in total. The summed E-state index contributed by atoms with van der Waals surface area (Å²) in [6.45, 7) is 10.8. The number of esters is 1. The SMILES string of the molecule is CCOC(=O)CC(C)Nc1ccc(C(C)(C)C)cc1. The van der Waals surface area contributed by atoms with Crippen LogP contribution in [-0.2, 0) is 14.9 Å². The maximum absolute atomic E-state index is 11.4. The van der Waals surface area contributed by atoms with Gasteiger partial charge in [-0.25, -0.2) is 0 Å². The summed E-state index contributed by atoms with van der Waals surface area (Å²) in [4.78, 5) is 11.4. The average Bonchev–Trinajstić information content (AvgIpc) is 2.28. The minimum atomic E-state index is -0.159. The van der Waals surface area contributed by atoms with Gasteiger partial charge in [-0.1, -0.05) is 32.9 Å². The number of hydrogen-bond acceptors (Lipinski definition) is 3. The molecule has 1 aromatic carbocycles. The molecule has 0 aliphatic carbocycles. The highest BCUT2D eigenvalue weighted by atomic mass is 16.5. The lowest BCUT2D eigenvalue weighted by Crippen LogP contribution is -2.21. The van der Waals surface area contributed by atoms with Gasteiger partial charge in [-0.3, -0.25) is 4.79 Å². The fourth-order valence-corrected chi connectivity index (χ4v) is 1.87. The molecule has 0 fully saturated rings. The summed E-state index contributed by atoms with van der Waals surface area (Å²) in [5.74, 6) is -0.159. The van der Waals surface area contributed by atoms with Crippen LogP contribution in [0.15, 0.2) is 24.3 Å². The highest BCUT2D eigenvalue weighted by Crippen LogP contribution is 2.23. The maximum Gasteiger partial charge on any atom is 0.307 e. The van der Waals surface area contributed by atoms with Gasteiger partial charge in [0, 0.05) is 11.7 Å². The van der Waals surface area contributed by atoms with E-state index in [1.54, 1.807) is 0 Å². The Morgan fingerprint density at radius 3 is 2.32 bits per heavy atom. The van der Waals surface area contributed by atoms with Crippen LogP contribution in [0, 0.1) is 0 Å². The smallest absolute Gasteiger partial charge is 0.307 e. The van der Waals surface area contributed by atoms with Crippen LogP contribution >= 0.6 is 0 Å². The van der Waals surface area contributed by atoms with Crippen LogP contribution in [0.2, 0.25) is 0 Å². The normalized spacial score (nSPS) is 12.9. The van der Waals surface area contributed by atoms with Gasteiger partial charge in [0.25, 0.3) is 0 Å². The minimum absolute atomic E-state index is 0.0690. The molecule has 0 aromatic heterocycles. The van der Waals surface area contributed by atoms with Crippen molar-refractivity contribution in [3.63, 3.8) is 0 Å². The van der Waals surface area contributed by atoms with Crippen molar-refractivity contribution in [1.82, 2.24) is 0 Å². The second-order valence-electron chi connectivity index (χ2n) is 5.88. The minimum Gasteiger partial charge on any atom is -0.466 e. The summed E-state index contributed by atoms with van der Waals surface area (Å²) in [6, 6.07) is 8.43. The molecule has 0 bridgehead atoms. The Labute approximate surface area is 116 Å². The van der Waals surface area contributed by atoms with Crippen LogP contribution in [0.5, 0.6) is 0 Å². The molecule has 0 radical (unpaired) electrons. The maximum atomic E-state index is 11.4. The summed E-state index contributed by atoms with van der Waals surface area (Å²) in [6.07, 6.45) is 0.384. The Morgan fingerprint density at radius 1 is 1.26 bits per heavy atom. The summed E-state index contributed by atoms with van der Waals surface area (Å²) in [5, 5.41) is 3.31. The average molecular weight is 263 g/mol. The van der Waals surface area contributed by atoms with Crippen molar-refractivity contribution in [3.05, 3.63) is 29.8 Å². The van der Waals surface area contributed by atoms with E-state index >= 15 is 0 Å². The molecule has 0 amide bonds. The molecule has 0 aliphatic heterocycles. The van der Waals surface area contributed by atoms with Crippen LogP contribution in [0.4, 0.5) is 5.69 Å². The largest absolute Gasteiger partial charge is 0.466 e. The highest BCUT2D eigenvalue weighted by molar-refractivity contribution is 5.70. The first-order valence-electron chi connectivity index (χ1n) is 6.85. The van der Waals surface area contributed by atoms with Gasteiger partial charge in [-0.2, -0.15) is 0 Å². The molecule has 0 saturated heterocycles. The van der Waals surface area contributed by atoms with E-state index < -0.39 is 0 Å². The molecule has 1 unspecified atom stereocenters. The van der Waals surface area contributed by atoms with Crippen molar-refractivity contribution in [2.45, 2.75) is 52.5 Å². The van der Waals surface area contributed by atoms with Gasteiger partial charge in [0.05, 0.1) is 13.0 Å². The first-order valence-corrected chi connectivity index (χ1v) is 6.85. The summed E-state index contributed by atoms with van der Waals surface area (Å²) in [5.41, 5.74) is 2.50. The molecular formula is C16H25NO2. The van der Waals surface area contributed by atoms with Crippen LogP contribution in [0.25, 0.3) is 0 Å². The standard InChI is InChI=1S/C16H25NO2/c1-6-19-15(18)11-12(2)17-14-9-7-13(8-10-14)16(3,4)5/h7-10,12,17H,6,11H2,1-5H3. The van der Waals surface area contributed by atoms with E-state index in [1.165, 1.54) is 5.56 Å². The van der Waals surface area contributed by atoms with Gasteiger partial charge in [0.1, 0.15) is 0 Å². The van der Waals surface area contributed by atoms with Crippen molar-refractivity contribution in [3.8, 4) is 0 Å². The van der Waals surface area contributed by atoms with Crippen LogP contribution in [0.3, 0.4) is 0 Å². The third-order valence-corrected chi connectivity index (χ3v) is 2.94. The van der Waals surface area contributed by atoms with E-state index in [9.17, 15) is 4.79 Å². The fraction of sp³-hybridized carbons (Fsp3) is 0.562. The molecule has 0 aliphatic rings. The number of hydrogen-bond donors (Lipinski definition) is 1.